The van der Waals surface area contributed by atoms with Crippen LogP contribution in [-0.4, -0.2) is 25.3 Å². The maximum atomic E-state index is 11.7. The van der Waals surface area contributed by atoms with Gasteiger partial charge in [-0.2, -0.15) is 0 Å². The molecule has 1 aromatic heterocycles. The van der Waals surface area contributed by atoms with Gasteiger partial charge in [-0.15, -0.1) is 11.3 Å². The average molecular weight is 240 g/mol. The summed E-state index contributed by atoms with van der Waals surface area (Å²) < 4.78 is 10.2. The second-order valence-electron chi connectivity index (χ2n) is 3.94. The van der Waals surface area contributed by atoms with Crippen molar-refractivity contribution in [2.24, 2.45) is 0 Å². The molecular weight excluding hydrogens is 224 g/mol. The van der Waals surface area contributed by atoms with Crippen LogP contribution in [0.25, 0.3) is 0 Å². The highest BCUT2D eigenvalue weighted by molar-refractivity contribution is 7.12. The molecule has 0 amide bonds. The summed E-state index contributed by atoms with van der Waals surface area (Å²) in [5.74, 6) is -0.188. The van der Waals surface area contributed by atoms with E-state index in [1.807, 2.05) is 19.2 Å². The molecule has 1 aromatic rings. The molecule has 0 spiro atoms. The number of hydrogen-bond donors (Lipinski definition) is 0. The maximum absolute atomic E-state index is 11.7. The van der Waals surface area contributed by atoms with Crippen LogP contribution in [0.4, 0.5) is 0 Å². The molecule has 4 heteroatoms. The van der Waals surface area contributed by atoms with Gasteiger partial charge in [0.1, 0.15) is 4.88 Å². The number of esters is 1. The van der Waals surface area contributed by atoms with Gasteiger partial charge in [0.05, 0.1) is 19.3 Å². The van der Waals surface area contributed by atoms with Crippen LogP contribution < -0.4 is 0 Å². The Kier molecular flexibility index (Phi) is 3.61. The lowest BCUT2D eigenvalue weighted by Crippen LogP contribution is -2.06. The highest BCUT2D eigenvalue weighted by Gasteiger charge is 2.24. The van der Waals surface area contributed by atoms with Gasteiger partial charge >= 0.3 is 5.97 Å². The van der Waals surface area contributed by atoms with Gasteiger partial charge in [-0.3, -0.25) is 0 Å². The van der Waals surface area contributed by atoms with E-state index < -0.39 is 0 Å². The van der Waals surface area contributed by atoms with Gasteiger partial charge < -0.3 is 9.47 Å². The van der Waals surface area contributed by atoms with E-state index in [4.69, 9.17) is 9.47 Å². The zero-order chi connectivity index (χ0) is 11.5. The lowest BCUT2D eigenvalue weighted by Gasteiger charge is -2.04. The van der Waals surface area contributed by atoms with Gasteiger partial charge in [0.25, 0.3) is 0 Å². The Morgan fingerprint density at radius 3 is 3.06 bits per heavy atom. The molecule has 88 valence electrons. The minimum absolute atomic E-state index is 0.188. The van der Waals surface area contributed by atoms with Crippen molar-refractivity contribution in [1.82, 2.24) is 0 Å². The van der Waals surface area contributed by atoms with Crippen LogP contribution in [0.3, 0.4) is 0 Å². The molecule has 16 heavy (non-hydrogen) atoms. The lowest BCUT2D eigenvalue weighted by molar-refractivity contribution is 0.0531. The summed E-state index contributed by atoms with van der Waals surface area (Å²) in [6.45, 7) is 5.18. The topological polar surface area (TPSA) is 38.8 Å². The molecule has 0 N–H and O–H groups in total. The largest absolute Gasteiger partial charge is 0.462 e. The number of rotatable bonds is 5. The van der Waals surface area contributed by atoms with E-state index in [1.165, 1.54) is 16.9 Å². The maximum Gasteiger partial charge on any atom is 0.348 e. The predicted molar refractivity (Wildman–Crippen MR) is 63.1 cm³/mol. The van der Waals surface area contributed by atoms with Crippen molar-refractivity contribution in [3.63, 3.8) is 0 Å². The predicted octanol–water partition coefficient (Wildman–Crippen LogP) is 2.56. The highest BCUT2D eigenvalue weighted by Crippen LogP contribution is 2.26. The number of thiophene rings is 1. The number of epoxide rings is 1. The molecule has 0 bridgehead atoms. The summed E-state index contributed by atoms with van der Waals surface area (Å²) in [7, 11) is 0. The fourth-order valence-corrected chi connectivity index (χ4v) is 2.68. The summed E-state index contributed by atoms with van der Waals surface area (Å²) in [6.07, 6.45) is 2.33. The molecule has 0 unspecified atom stereocenters. The first kappa shape index (κ1) is 11.6. The van der Waals surface area contributed by atoms with Crippen molar-refractivity contribution in [2.45, 2.75) is 32.8 Å². The first-order valence-electron chi connectivity index (χ1n) is 5.58. The third-order valence-corrected chi connectivity index (χ3v) is 3.80. The van der Waals surface area contributed by atoms with Crippen LogP contribution in [0.1, 0.15) is 34.1 Å². The number of hydrogen-bond acceptors (Lipinski definition) is 4. The third-order valence-electron chi connectivity index (χ3n) is 2.68. The highest BCUT2D eigenvalue weighted by atomic mass is 32.1. The Bertz CT molecular complexity index is 380. The molecule has 1 atom stereocenters. The van der Waals surface area contributed by atoms with Gasteiger partial charge in [-0.1, -0.05) is 0 Å². The summed E-state index contributed by atoms with van der Waals surface area (Å²) in [5.41, 5.74) is 2.33. The minimum Gasteiger partial charge on any atom is -0.462 e. The van der Waals surface area contributed by atoms with E-state index in [2.05, 4.69) is 0 Å². The van der Waals surface area contributed by atoms with Crippen molar-refractivity contribution in [3.05, 3.63) is 21.4 Å². The van der Waals surface area contributed by atoms with Crippen LogP contribution in [0.5, 0.6) is 0 Å². The van der Waals surface area contributed by atoms with E-state index >= 15 is 0 Å². The molecule has 0 saturated carbocycles. The average Bonchev–Trinajstić information content (AvgIpc) is 3.00. The summed E-state index contributed by atoms with van der Waals surface area (Å²) in [4.78, 5) is 12.5. The van der Waals surface area contributed by atoms with Crippen molar-refractivity contribution in [1.29, 1.82) is 0 Å². The Morgan fingerprint density at radius 1 is 1.69 bits per heavy atom. The Morgan fingerprint density at radius 2 is 2.44 bits per heavy atom. The van der Waals surface area contributed by atoms with Crippen LogP contribution in [0.2, 0.25) is 0 Å². The molecular formula is C12H16O3S. The van der Waals surface area contributed by atoms with Crippen LogP contribution in [0, 0.1) is 6.92 Å². The standard InChI is InChI=1S/C12H16O3S/c1-3-14-12(13)11-10(8(2)7-16-11)5-4-9-6-15-9/h7,9H,3-6H2,1-2H3/t9-/m1/s1. The normalized spacial score (nSPS) is 18.5. The van der Waals surface area contributed by atoms with E-state index in [-0.39, 0.29) is 5.97 Å². The Balaban J connectivity index is 2.07. The second-order valence-corrected chi connectivity index (χ2v) is 4.82. The van der Waals surface area contributed by atoms with Crippen molar-refractivity contribution in [2.75, 3.05) is 13.2 Å². The van der Waals surface area contributed by atoms with Crippen molar-refractivity contribution in [3.8, 4) is 0 Å². The fourth-order valence-electron chi connectivity index (χ4n) is 1.69. The molecule has 2 heterocycles. The molecule has 0 radical (unpaired) electrons. The molecule has 0 aliphatic carbocycles. The monoisotopic (exact) mass is 240 g/mol. The summed E-state index contributed by atoms with van der Waals surface area (Å²) >= 11 is 1.48. The zero-order valence-electron chi connectivity index (χ0n) is 9.62. The smallest absolute Gasteiger partial charge is 0.348 e. The zero-order valence-corrected chi connectivity index (χ0v) is 10.4. The van der Waals surface area contributed by atoms with E-state index in [1.54, 1.807) is 0 Å². The quantitative estimate of drug-likeness (QED) is 0.586. The first-order valence-corrected chi connectivity index (χ1v) is 6.46. The minimum atomic E-state index is -0.188. The van der Waals surface area contributed by atoms with Gasteiger partial charge in [0, 0.05) is 0 Å². The fraction of sp³-hybridized carbons (Fsp3) is 0.583. The van der Waals surface area contributed by atoms with E-state index in [9.17, 15) is 4.79 Å². The third kappa shape index (κ3) is 2.62. The molecule has 1 aliphatic heterocycles. The van der Waals surface area contributed by atoms with Crippen molar-refractivity contribution < 1.29 is 14.3 Å². The van der Waals surface area contributed by atoms with Crippen LogP contribution in [0.15, 0.2) is 5.38 Å². The Labute approximate surface area is 99.4 Å². The van der Waals surface area contributed by atoms with Gasteiger partial charge in [0.15, 0.2) is 0 Å². The SMILES string of the molecule is CCOC(=O)c1scc(C)c1CC[C@@H]1CO1. The summed E-state index contributed by atoms with van der Waals surface area (Å²) in [5, 5.41) is 2.02. The molecule has 0 aromatic carbocycles. The molecule has 3 nitrogen and oxygen atoms in total. The number of ether oxygens (including phenoxy) is 2. The van der Waals surface area contributed by atoms with Gasteiger partial charge in [-0.05, 0) is 43.2 Å². The first-order chi connectivity index (χ1) is 7.72. The van der Waals surface area contributed by atoms with Gasteiger partial charge in [-0.25, -0.2) is 4.79 Å². The van der Waals surface area contributed by atoms with Crippen LogP contribution >= 0.6 is 11.3 Å². The number of aryl methyl sites for hydroxylation is 1. The molecule has 1 saturated heterocycles. The number of carbonyl (C=O) groups is 1. The molecule has 1 aliphatic rings. The molecule has 2 rings (SSSR count). The lowest BCUT2D eigenvalue weighted by atomic mass is 10.1. The van der Waals surface area contributed by atoms with E-state index in [0.717, 1.165) is 29.9 Å². The second kappa shape index (κ2) is 4.97. The summed E-state index contributed by atoms with van der Waals surface area (Å²) in [6, 6.07) is 0. The molecule has 1 fully saturated rings. The van der Waals surface area contributed by atoms with E-state index in [0.29, 0.717) is 12.7 Å². The van der Waals surface area contributed by atoms with Crippen molar-refractivity contribution >= 4 is 17.3 Å². The van der Waals surface area contributed by atoms with Gasteiger partial charge in [0.2, 0.25) is 0 Å². The number of carbonyl (C=O) groups excluding carboxylic acids is 1. The van der Waals surface area contributed by atoms with Crippen LogP contribution in [-0.2, 0) is 15.9 Å². The Hall–Kier alpha value is -0.870.